The van der Waals surface area contributed by atoms with E-state index in [-0.39, 0.29) is 11.5 Å². The molecule has 7 nitrogen and oxygen atoms in total. The lowest BCUT2D eigenvalue weighted by Crippen LogP contribution is -2.11. The molecule has 0 amide bonds. The molecule has 0 fully saturated rings. The molecule has 0 aliphatic heterocycles. The molecular formula is C21H22ClN3O4S. The van der Waals surface area contributed by atoms with Crippen molar-refractivity contribution in [3.8, 4) is 0 Å². The van der Waals surface area contributed by atoms with Gasteiger partial charge in [-0.3, -0.25) is 0 Å². The maximum atomic E-state index is 12.1. The van der Waals surface area contributed by atoms with Crippen molar-refractivity contribution in [2.75, 3.05) is 0 Å². The summed E-state index contributed by atoms with van der Waals surface area (Å²) < 4.78 is 30.5. The average molecular weight is 448 g/mol. The number of unbranched alkanes of at least 4 members (excludes halogenated alkanes) is 1. The molecule has 0 unspecified atom stereocenters. The Morgan fingerprint density at radius 3 is 2.63 bits per heavy atom. The van der Waals surface area contributed by atoms with Crippen molar-refractivity contribution in [2.24, 2.45) is 5.14 Å². The number of hydrogen-bond donors (Lipinski definition) is 1. The van der Waals surface area contributed by atoms with Gasteiger partial charge < -0.3 is 9.30 Å². The Morgan fingerprint density at radius 2 is 1.97 bits per heavy atom. The van der Waals surface area contributed by atoms with Crippen LogP contribution in [0.1, 0.15) is 31.2 Å². The van der Waals surface area contributed by atoms with Crippen LogP contribution in [0.25, 0.3) is 17.1 Å². The zero-order chi connectivity index (χ0) is 21.7. The van der Waals surface area contributed by atoms with Gasteiger partial charge in [-0.05, 0) is 48.4 Å². The van der Waals surface area contributed by atoms with Gasteiger partial charge in [0.1, 0.15) is 12.4 Å². The third-order valence-electron chi connectivity index (χ3n) is 4.49. The molecule has 2 N–H and O–H groups in total. The summed E-state index contributed by atoms with van der Waals surface area (Å²) in [5.74, 6) is 0.0301. The van der Waals surface area contributed by atoms with Crippen molar-refractivity contribution in [3.05, 3.63) is 65.0 Å². The summed E-state index contributed by atoms with van der Waals surface area (Å²) in [7, 11) is -3.83. The first-order valence-electron chi connectivity index (χ1n) is 9.40. The number of fused-ring (bicyclic) bond motifs is 1. The van der Waals surface area contributed by atoms with E-state index in [1.165, 1.54) is 18.2 Å². The molecule has 0 aliphatic rings. The highest BCUT2D eigenvalue weighted by Gasteiger charge is 2.15. The lowest BCUT2D eigenvalue weighted by molar-refractivity contribution is -0.139. The normalized spacial score (nSPS) is 12.0. The maximum Gasteiger partial charge on any atom is 0.331 e. The van der Waals surface area contributed by atoms with Gasteiger partial charge >= 0.3 is 5.97 Å². The molecule has 0 radical (unpaired) electrons. The molecule has 0 saturated carbocycles. The van der Waals surface area contributed by atoms with E-state index in [4.69, 9.17) is 21.5 Å². The van der Waals surface area contributed by atoms with Crippen LogP contribution in [0.3, 0.4) is 0 Å². The van der Waals surface area contributed by atoms with Crippen molar-refractivity contribution in [1.29, 1.82) is 0 Å². The number of primary sulfonamides is 1. The third-order valence-corrected chi connectivity index (χ3v) is 5.65. The molecular weight excluding hydrogens is 426 g/mol. The second kappa shape index (κ2) is 9.42. The van der Waals surface area contributed by atoms with Crippen molar-refractivity contribution < 1.29 is 17.9 Å². The van der Waals surface area contributed by atoms with Crippen LogP contribution in [-0.4, -0.2) is 23.9 Å². The van der Waals surface area contributed by atoms with Gasteiger partial charge in [0.25, 0.3) is 0 Å². The number of rotatable bonds is 8. The highest BCUT2D eigenvalue weighted by Crippen LogP contribution is 2.21. The monoisotopic (exact) mass is 447 g/mol. The number of nitrogens with zero attached hydrogens (tertiary/aromatic N) is 2. The summed E-state index contributed by atoms with van der Waals surface area (Å²) in [4.78, 5) is 16.6. The number of benzene rings is 2. The van der Waals surface area contributed by atoms with Crippen molar-refractivity contribution in [1.82, 2.24) is 9.55 Å². The fraction of sp³-hybridized carbons (Fsp3) is 0.238. The fourth-order valence-electron chi connectivity index (χ4n) is 2.93. The summed E-state index contributed by atoms with van der Waals surface area (Å²) in [6.45, 7) is 2.71. The van der Waals surface area contributed by atoms with Gasteiger partial charge in [-0.15, -0.1) is 0 Å². The SMILES string of the molecule is CCCCn1c(COC(=O)/C=C/c2ccc(Cl)cc2)nc2cc(S(N)(=O)=O)ccc21. The Kier molecular flexibility index (Phi) is 6.91. The molecule has 3 rings (SSSR count). The minimum Gasteiger partial charge on any atom is -0.454 e. The molecule has 1 heterocycles. The number of aromatic nitrogens is 2. The van der Waals surface area contributed by atoms with Crippen LogP contribution in [0.15, 0.2) is 53.4 Å². The van der Waals surface area contributed by atoms with Crippen LogP contribution in [0, 0.1) is 0 Å². The van der Waals surface area contributed by atoms with Gasteiger partial charge in [-0.1, -0.05) is 37.1 Å². The molecule has 9 heteroatoms. The van der Waals surface area contributed by atoms with Gasteiger partial charge in [-0.25, -0.2) is 23.3 Å². The van der Waals surface area contributed by atoms with E-state index in [0.29, 0.717) is 22.9 Å². The number of sulfonamides is 1. The number of hydrogen-bond acceptors (Lipinski definition) is 5. The summed E-state index contributed by atoms with van der Waals surface area (Å²) in [5, 5.41) is 5.83. The second-order valence-corrected chi connectivity index (χ2v) is 8.72. The first-order valence-corrected chi connectivity index (χ1v) is 11.3. The fourth-order valence-corrected chi connectivity index (χ4v) is 3.59. The molecule has 0 aliphatic carbocycles. The van der Waals surface area contributed by atoms with E-state index in [1.807, 2.05) is 4.57 Å². The lowest BCUT2D eigenvalue weighted by Gasteiger charge is -2.08. The number of carbonyl (C=O) groups is 1. The predicted molar refractivity (Wildman–Crippen MR) is 116 cm³/mol. The predicted octanol–water partition coefficient (Wildman–Crippen LogP) is 3.89. The first kappa shape index (κ1) is 22.0. The standard InChI is InChI=1S/C21H22ClN3O4S/c1-2-3-12-25-19-10-9-17(30(23,27)28)13-18(19)24-20(25)14-29-21(26)11-6-15-4-7-16(22)8-5-15/h4-11,13H,2-3,12,14H2,1H3,(H2,23,27,28)/b11-6+. The summed E-state index contributed by atoms with van der Waals surface area (Å²) in [6.07, 6.45) is 4.84. The van der Waals surface area contributed by atoms with E-state index in [0.717, 1.165) is 23.9 Å². The zero-order valence-electron chi connectivity index (χ0n) is 16.4. The van der Waals surface area contributed by atoms with Gasteiger partial charge in [0, 0.05) is 17.6 Å². The van der Waals surface area contributed by atoms with E-state index >= 15 is 0 Å². The number of nitrogens with two attached hydrogens (primary N) is 1. The first-order chi connectivity index (χ1) is 14.3. The zero-order valence-corrected chi connectivity index (χ0v) is 18.0. The van der Waals surface area contributed by atoms with Gasteiger partial charge in [0.2, 0.25) is 10.0 Å². The van der Waals surface area contributed by atoms with E-state index in [2.05, 4.69) is 11.9 Å². The third kappa shape index (κ3) is 5.47. The van der Waals surface area contributed by atoms with Crippen molar-refractivity contribution in [3.63, 3.8) is 0 Å². The number of aryl methyl sites for hydroxylation is 1. The van der Waals surface area contributed by atoms with Crippen LogP contribution in [0.4, 0.5) is 0 Å². The van der Waals surface area contributed by atoms with Crippen molar-refractivity contribution >= 4 is 44.7 Å². The molecule has 2 aromatic carbocycles. The summed E-state index contributed by atoms with van der Waals surface area (Å²) in [5.41, 5.74) is 2.07. The Hall–Kier alpha value is -2.68. The number of ether oxygens (including phenoxy) is 1. The minimum absolute atomic E-state index is 0.00964. The Balaban J connectivity index is 1.79. The summed E-state index contributed by atoms with van der Waals surface area (Å²) >= 11 is 5.85. The Labute approximate surface area is 180 Å². The second-order valence-electron chi connectivity index (χ2n) is 6.72. The Bertz CT molecular complexity index is 1180. The van der Waals surface area contributed by atoms with Gasteiger partial charge in [0.05, 0.1) is 15.9 Å². The van der Waals surface area contributed by atoms with Crippen molar-refractivity contribution in [2.45, 2.75) is 37.8 Å². The molecule has 0 atom stereocenters. The molecule has 1 aromatic heterocycles. The molecule has 158 valence electrons. The molecule has 30 heavy (non-hydrogen) atoms. The topological polar surface area (TPSA) is 104 Å². The molecule has 3 aromatic rings. The summed E-state index contributed by atoms with van der Waals surface area (Å²) in [6, 6.07) is 11.6. The van der Waals surface area contributed by atoms with E-state index in [9.17, 15) is 13.2 Å². The number of imidazole rings is 1. The Morgan fingerprint density at radius 1 is 1.23 bits per heavy atom. The minimum atomic E-state index is -3.83. The number of carbonyl (C=O) groups excluding carboxylic acids is 1. The number of esters is 1. The van der Waals surface area contributed by atoms with Crippen LogP contribution in [-0.2, 0) is 32.7 Å². The maximum absolute atomic E-state index is 12.1. The van der Waals surface area contributed by atoms with Gasteiger partial charge in [-0.2, -0.15) is 0 Å². The molecule has 0 spiro atoms. The molecule has 0 bridgehead atoms. The van der Waals surface area contributed by atoms with Crippen LogP contribution >= 0.6 is 11.6 Å². The smallest absolute Gasteiger partial charge is 0.331 e. The lowest BCUT2D eigenvalue weighted by atomic mass is 10.2. The van der Waals surface area contributed by atoms with Crippen LogP contribution < -0.4 is 5.14 Å². The van der Waals surface area contributed by atoms with Gasteiger partial charge in [0.15, 0.2) is 0 Å². The highest BCUT2D eigenvalue weighted by molar-refractivity contribution is 7.89. The quantitative estimate of drug-likeness (QED) is 0.416. The number of halogens is 1. The largest absolute Gasteiger partial charge is 0.454 e. The van der Waals surface area contributed by atoms with E-state index in [1.54, 1.807) is 36.4 Å². The van der Waals surface area contributed by atoms with Crippen LogP contribution in [0.5, 0.6) is 0 Å². The van der Waals surface area contributed by atoms with Crippen LogP contribution in [0.2, 0.25) is 5.02 Å². The highest BCUT2D eigenvalue weighted by atomic mass is 35.5. The molecule has 0 saturated heterocycles. The average Bonchev–Trinajstić information content (AvgIpc) is 3.06. The van der Waals surface area contributed by atoms with E-state index < -0.39 is 16.0 Å².